The Bertz CT molecular complexity index is 949. The summed E-state index contributed by atoms with van der Waals surface area (Å²) >= 11 is 1.36. The largest absolute Gasteiger partial charge is 0.355 e. The molecule has 1 aromatic heterocycles. The highest BCUT2D eigenvalue weighted by Gasteiger charge is 2.19. The summed E-state index contributed by atoms with van der Waals surface area (Å²) in [5, 5.41) is 3.96. The molecule has 0 unspecified atom stereocenters. The van der Waals surface area contributed by atoms with Gasteiger partial charge >= 0.3 is 0 Å². The normalized spacial score (nSPS) is 15.4. The van der Waals surface area contributed by atoms with E-state index in [2.05, 4.69) is 25.2 Å². The molecule has 29 heavy (non-hydrogen) atoms. The van der Waals surface area contributed by atoms with Crippen LogP contribution < -0.4 is 10.9 Å². The third kappa shape index (κ3) is 5.72. The lowest BCUT2D eigenvalue weighted by Gasteiger charge is -2.18. The second-order valence-corrected chi connectivity index (χ2v) is 9.44. The first-order valence-corrected chi connectivity index (χ1v) is 11.5. The van der Waals surface area contributed by atoms with Crippen LogP contribution >= 0.6 is 11.8 Å². The predicted molar refractivity (Wildman–Crippen MR) is 120 cm³/mol. The number of benzene rings is 1. The fourth-order valence-corrected chi connectivity index (χ4v) is 4.54. The third-order valence-electron chi connectivity index (χ3n) is 5.16. The molecule has 1 aliphatic rings. The Balaban J connectivity index is 1.71. The molecule has 5 nitrogen and oxygen atoms in total. The van der Waals surface area contributed by atoms with Crippen LogP contribution in [-0.2, 0) is 11.3 Å². The molecule has 1 heterocycles. The van der Waals surface area contributed by atoms with Gasteiger partial charge in [-0.2, -0.15) is 0 Å². The summed E-state index contributed by atoms with van der Waals surface area (Å²) in [4.78, 5) is 30.3. The van der Waals surface area contributed by atoms with E-state index >= 15 is 0 Å². The number of carbonyl (C=O) groups is 1. The molecule has 156 valence electrons. The third-order valence-corrected chi connectivity index (χ3v) is 6.25. The maximum absolute atomic E-state index is 13.0. The standard InChI is InChI=1S/C23H31N3O2S/c1-16(2)15-26-22(28)19-11-7-8-12-20(19)25-23(26)29-17(3)21(27)24-14-13-18-9-5-4-6-10-18/h7-9,11-12,16-17H,4-6,10,13-15H2,1-3H3,(H,24,27)/t17-/m0/s1. The minimum atomic E-state index is -0.318. The number of thioether (sulfide) groups is 1. The lowest BCUT2D eigenvalue weighted by Crippen LogP contribution is -2.33. The summed E-state index contributed by atoms with van der Waals surface area (Å²) in [5.74, 6) is 0.299. The smallest absolute Gasteiger partial charge is 0.262 e. The van der Waals surface area contributed by atoms with Crippen molar-refractivity contribution in [3.63, 3.8) is 0 Å². The van der Waals surface area contributed by atoms with Crippen LogP contribution in [-0.4, -0.2) is 27.3 Å². The van der Waals surface area contributed by atoms with E-state index < -0.39 is 0 Å². The number of nitrogens with one attached hydrogen (secondary N) is 1. The van der Waals surface area contributed by atoms with Crippen molar-refractivity contribution in [1.29, 1.82) is 0 Å². The van der Waals surface area contributed by atoms with Gasteiger partial charge in [-0.15, -0.1) is 0 Å². The molecular weight excluding hydrogens is 382 g/mol. The van der Waals surface area contributed by atoms with E-state index in [1.54, 1.807) is 4.57 Å². The summed E-state index contributed by atoms with van der Waals surface area (Å²) in [6.45, 7) is 7.28. The van der Waals surface area contributed by atoms with E-state index in [4.69, 9.17) is 4.98 Å². The number of amides is 1. The van der Waals surface area contributed by atoms with Gasteiger partial charge in [-0.1, -0.05) is 49.4 Å². The van der Waals surface area contributed by atoms with E-state index in [1.807, 2.05) is 31.2 Å². The summed E-state index contributed by atoms with van der Waals surface area (Å²) in [6, 6.07) is 7.40. The lowest BCUT2D eigenvalue weighted by molar-refractivity contribution is -0.120. The van der Waals surface area contributed by atoms with Crippen molar-refractivity contribution in [3.05, 3.63) is 46.3 Å². The van der Waals surface area contributed by atoms with Gasteiger partial charge in [0.25, 0.3) is 5.56 Å². The minimum absolute atomic E-state index is 0.00934. The molecule has 0 bridgehead atoms. The highest BCUT2D eigenvalue weighted by atomic mass is 32.2. The van der Waals surface area contributed by atoms with Crippen LogP contribution in [0.1, 0.15) is 52.9 Å². The first-order valence-electron chi connectivity index (χ1n) is 10.6. The predicted octanol–water partition coefficient (Wildman–Crippen LogP) is 4.54. The van der Waals surface area contributed by atoms with Crippen LogP contribution in [0.5, 0.6) is 0 Å². The number of carbonyl (C=O) groups excluding carboxylic acids is 1. The molecule has 1 aliphatic carbocycles. The Kier molecular flexibility index (Phi) is 7.53. The Hall–Kier alpha value is -2.08. The number of hydrogen-bond acceptors (Lipinski definition) is 4. The van der Waals surface area contributed by atoms with E-state index in [0.717, 1.165) is 19.3 Å². The Morgan fingerprint density at radius 2 is 2.03 bits per heavy atom. The molecule has 1 atom stereocenters. The molecule has 0 saturated carbocycles. The Morgan fingerprint density at radius 1 is 1.24 bits per heavy atom. The molecule has 1 N–H and O–H groups in total. The van der Waals surface area contributed by atoms with Gasteiger partial charge in [0.05, 0.1) is 16.2 Å². The van der Waals surface area contributed by atoms with Gasteiger partial charge in [0.2, 0.25) is 5.91 Å². The van der Waals surface area contributed by atoms with Crippen molar-refractivity contribution in [1.82, 2.24) is 14.9 Å². The lowest BCUT2D eigenvalue weighted by atomic mass is 9.97. The maximum Gasteiger partial charge on any atom is 0.262 e. The molecule has 0 fully saturated rings. The fourth-order valence-electron chi connectivity index (χ4n) is 3.60. The summed E-state index contributed by atoms with van der Waals surface area (Å²) in [6.07, 6.45) is 8.10. The summed E-state index contributed by atoms with van der Waals surface area (Å²) in [5.41, 5.74) is 2.10. The first-order chi connectivity index (χ1) is 14.0. The van der Waals surface area contributed by atoms with E-state index in [9.17, 15) is 9.59 Å². The molecule has 0 radical (unpaired) electrons. The van der Waals surface area contributed by atoms with Crippen molar-refractivity contribution in [2.75, 3.05) is 6.54 Å². The monoisotopic (exact) mass is 413 g/mol. The second kappa shape index (κ2) is 10.1. The van der Waals surface area contributed by atoms with E-state index in [0.29, 0.717) is 35.1 Å². The van der Waals surface area contributed by atoms with Crippen molar-refractivity contribution in [2.45, 2.75) is 69.8 Å². The van der Waals surface area contributed by atoms with Crippen LogP contribution in [0, 0.1) is 5.92 Å². The van der Waals surface area contributed by atoms with E-state index in [1.165, 1.54) is 30.2 Å². The topological polar surface area (TPSA) is 64.0 Å². The van der Waals surface area contributed by atoms with Gasteiger partial charge in [0.1, 0.15) is 0 Å². The van der Waals surface area contributed by atoms with E-state index in [-0.39, 0.29) is 16.7 Å². The second-order valence-electron chi connectivity index (χ2n) is 8.13. The number of allylic oxidation sites excluding steroid dienone is 1. The highest BCUT2D eigenvalue weighted by molar-refractivity contribution is 8.00. The number of rotatable bonds is 8. The van der Waals surface area contributed by atoms with Crippen molar-refractivity contribution in [3.8, 4) is 0 Å². The first kappa shape index (κ1) is 21.6. The zero-order chi connectivity index (χ0) is 20.8. The molecule has 1 aromatic carbocycles. The van der Waals surface area contributed by atoms with Crippen molar-refractivity contribution >= 4 is 28.6 Å². The van der Waals surface area contributed by atoms with Gasteiger partial charge < -0.3 is 5.32 Å². The van der Waals surface area contributed by atoms with Gasteiger partial charge in [-0.3, -0.25) is 14.2 Å². The molecule has 6 heteroatoms. The zero-order valence-electron chi connectivity index (χ0n) is 17.6. The van der Waals surface area contributed by atoms with Crippen LogP contribution in [0.2, 0.25) is 0 Å². The number of hydrogen-bond donors (Lipinski definition) is 1. The molecular formula is C23H31N3O2S. The number of aromatic nitrogens is 2. The number of para-hydroxylation sites is 1. The molecule has 0 aliphatic heterocycles. The maximum atomic E-state index is 13.0. The zero-order valence-corrected chi connectivity index (χ0v) is 18.4. The Labute approximate surface area is 177 Å². The molecule has 0 saturated heterocycles. The molecule has 0 spiro atoms. The SMILES string of the molecule is CC(C)Cn1c(S[C@@H](C)C(=O)NCCC2=CCCCC2)nc2ccccc2c1=O. The quantitative estimate of drug-likeness (QED) is 0.392. The molecule has 1 amide bonds. The van der Waals surface area contributed by atoms with Crippen LogP contribution in [0.4, 0.5) is 0 Å². The van der Waals surface area contributed by atoms with Crippen molar-refractivity contribution in [2.24, 2.45) is 5.92 Å². The average Bonchev–Trinajstić information content (AvgIpc) is 2.71. The molecule has 2 aromatic rings. The van der Waals surface area contributed by atoms with Crippen LogP contribution in [0.25, 0.3) is 10.9 Å². The number of fused-ring (bicyclic) bond motifs is 1. The van der Waals surface area contributed by atoms with Gasteiger partial charge in [0.15, 0.2) is 5.16 Å². The highest BCUT2D eigenvalue weighted by Crippen LogP contribution is 2.24. The van der Waals surface area contributed by atoms with Gasteiger partial charge in [-0.25, -0.2) is 4.98 Å². The Morgan fingerprint density at radius 3 is 2.76 bits per heavy atom. The molecule has 3 rings (SSSR count). The fraction of sp³-hybridized carbons (Fsp3) is 0.522. The van der Waals surface area contributed by atoms with Crippen LogP contribution in [0.3, 0.4) is 0 Å². The summed E-state index contributed by atoms with van der Waals surface area (Å²) < 4.78 is 1.72. The average molecular weight is 414 g/mol. The van der Waals surface area contributed by atoms with Crippen LogP contribution in [0.15, 0.2) is 45.9 Å². The van der Waals surface area contributed by atoms with Gasteiger partial charge in [0, 0.05) is 13.1 Å². The summed E-state index contributed by atoms with van der Waals surface area (Å²) in [7, 11) is 0. The minimum Gasteiger partial charge on any atom is -0.355 e. The van der Waals surface area contributed by atoms with Crippen molar-refractivity contribution < 1.29 is 4.79 Å². The number of nitrogens with zero attached hydrogens (tertiary/aromatic N) is 2. The van der Waals surface area contributed by atoms with Gasteiger partial charge in [-0.05, 0) is 57.1 Å².